The molecule has 0 saturated carbocycles. The van der Waals surface area contributed by atoms with Crippen molar-refractivity contribution < 1.29 is 0 Å². The van der Waals surface area contributed by atoms with Gasteiger partial charge in [-0.05, 0) is 31.8 Å². The first-order valence-electron chi connectivity index (χ1n) is 4.53. The molecule has 0 aromatic heterocycles. The topological polar surface area (TPSA) is 0 Å². The van der Waals surface area contributed by atoms with Crippen LogP contribution in [0.5, 0.6) is 0 Å². The van der Waals surface area contributed by atoms with Gasteiger partial charge in [0, 0.05) is 0 Å². The predicted octanol–water partition coefficient (Wildman–Crippen LogP) is 3.59. The van der Waals surface area contributed by atoms with Crippen LogP contribution in [-0.2, 0) is 0 Å². The van der Waals surface area contributed by atoms with Gasteiger partial charge in [0.05, 0.1) is 0 Å². The van der Waals surface area contributed by atoms with E-state index in [0.29, 0.717) is 0 Å². The van der Waals surface area contributed by atoms with Crippen LogP contribution in [0.3, 0.4) is 0 Å². The highest BCUT2D eigenvalue weighted by Gasteiger charge is 1.78. The van der Waals surface area contributed by atoms with Crippen molar-refractivity contribution >= 4 is 0 Å². The Balaban J connectivity index is 2.41. The normalized spacial score (nSPS) is 29.3. The number of hydrogen-bond donors (Lipinski definition) is 0. The van der Waals surface area contributed by atoms with Gasteiger partial charge in [-0.2, -0.15) is 0 Å². The SMILES string of the molecule is [C]1=C\C/C=C/C/C=C/CC/C=C/1. The van der Waals surface area contributed by atoms with E-state index in [-0.39, 0.29) is 0 Å². The van der Waals surface area contributed by atoms with Gasteiger partial charge in [-0.1, -0.05) is 42.5 Å². The Morgan fingerprint density at radius 1 is 0.750 bits per heavy atom. The van der Waals surface area contributed by atoms with Crippen molar-refractivity contribution in [1.29, 1.82) is 0 Å². The molecule has 0 spiro atoms. The molecule has 0 aromatic carbocycles. The lowest BCUT2D eigenvalue weighted by Gasteiger charge is -1.87. The minimum Gasteiger partial charge on any atom is -0.0879 e. The van der Waals surface area contributed by atoms with Gasteiger partial charge in [0.25, 0.3) is 0 Å². The van der Waals surface area contributed by atoms with Crippen LogP contribution in [0.2, 0.25) is 0 Å². The lowest BCUT2D eigenvalue weighted by Crippen LogP contribution is -1.67. The van der Waals surface area contributed by atoms with E-state index >= 15 is 0 Å². The largest absolute Gasteiger partial charge is 0.0879 e. The first-order valence-corrected chi connectivity index (χ1v) is 4.53. The quantitative estimate of drug-likeness (QED) is 0.474. The second-order valence-electron chi connectivity index (χ2n) is 2.76. The van der Waals surface area contributed by atoms with Gasteiger partial charge in [0.2, 0.25) is 0 Å². The zero-order valence-corrected chi connectivity index (χ0v) is 7.37. The van der Waals surface area contributed by atoms with Crippen molar-refractivity contribution in [3.8, 4) is 0 Å². The van der Waals surface area contributed by atoms with Crippen LogP contribution in [0.1, 0.15) is 25.7 Å². The molecule has 0 fully saturated rings. The first kappa shape index (κ1) is 9.05. The van der Waals surface area contributed by atoms with E-state index in [1.165, 1.54) is 0 Å². The maximum absolute atomic E-state index is 3.12. The minimum absolute atomic E-state index is 0.998. The summed E-state index contributed by atoms with van der Waals surface area (Å²) in [6, 6.07) is 0. The highest BCUT2D eigenvalue weighted by molar-refractivity contribution is 5.02. The summed E-state index contributed by atoms with van der Waals surface area (Å²) in [7, 11) is 0. The highest BCUT2D eigenvalue weighted by Crippen LogP contribution is 1.98. The molecule has 1 radical (unpaired) electrons. The molecule has 0 heterocycles. The Morgan fingerprint density at radius 3 is 2.50 bits per heavy atom. The molecule has 1 aliphatic rings. The molecule has 0 unspecified atom stereocenters. The molecule has 0 saturated heterocycles. The fraction of sp³-hybridized carbons (Fsp3) is 0.333. The molecule has 63 valence electrons. The van der Waals surface area contributed by atoms with Gasteiger partial charge >= 0.3 is 0 Å². The van der Waals surface area contributed by atoms with Crippen LogP contribution >= 0.6 is 0 Å². The van der Waals surface area contributed by atoms with Crippen molar-refractivity contribution in [3.05, 3.63) is 48.6 Å². The van der Waals surface area contributed by atoms with E-state index < -0.39 is 0 Å². The van der Waals surface area contributed by atoms with Gasteiger partial charge in [0.15, 0.2) is 0 Å². The van der Waals surface area contributed by atoms with Crippen molar-refractivity contribution in [3.63, 3.8) is 0 Å². The van der Waals surface area contributed by atoms with Gasteiger partial charge in [-0.3, -0.25) is 0 Å². The van der Waals surface area contributed by atoms with E-state index in [1.807, 2.05) is 6.08 Å². The van der Waals surface area contributed by atoms with Crippen LogP contribution in [-0.4, -0.2) is 0 Å². The summed E-state index contributed by atoms with van der Waals surface area (Å²) >= 11 is 0. The van der Waals surface area contributed by atoms with E-state index in [4.69, 9.17) is 0 Å². The molecule has 1 aliphatic carbocycles. The Morgan fingerprint density at radius 2 is 1.50 bits per heavy atom. The Hall–Kier alpha value is -1.04. The number of allylic oxidation sites excluding steroid dienone is 8. The van der Waals surface area contributed by atoms with Crippen molar-refractivity contribution in [1.82, 2.24) is 0 Å². The van der Waals surface area contributed by atoms with Crippen LogP contribution in [0, 0.1) is 6.08 Å². The van der Waals surface area contributed by atoms with Crippen LogP contribution < -0.4 is 0 Å². The zero-order valence-electron chi connectivity index (χ0n) is 7.37. The summed E-state index contributed by atoms with van der Waals surface area (Å²) in [5.41, 5.74) is 0. The number of hydrogen-bond acceptors (Lipinski definition) is 0. The molecular weight excluding hydrogens is 144 g/mol. The average Bonchev–Trinajstić information content (AvgIpc) is 2.05. The van der Waals surface area contributed by atoms with E-state index in [2.05, 4.69) is 42.5 Å². The third-order valence-electron chi connectivity index (χ3n) is 1.69. The Bertz CT molecular complexity index is 204. The molecule has 0 atom stereocenters. The lowest BCUT2D eigenvalue weighted by atomic mass is 10.2. The highest BCUT2D eigenvalue weighted by atomic mass is 13.8. The van der Waals surface area contributed by atoms with Gasteiger partial charge < -0.3 is 0 Å². The van der Waals surface area contributed by atoms with Crippen molar-refractivity contribution in [2.45, 2.75) is 25.7 Å². The zero-order chi connectivity index (χ0) is 8.49. The molecule has 0 N–H and O–H groups in total. The second kappa shape index (κ2) is 6.66. The van der Waals surface area contributed by atoms with E-state index in [9.17, 15) is 0 Å². The smallest absolute Gasteiger partial charge is 0.0160 e. The van der Waals surface area contributed by atoms with E-state index in [1.54, 1.807) is 0 Å². The maximum atomic E-state index is 3.12. The molecule has 1 rings (SSSR count). The fourth-order valence-electron chi connectivity index (χ4n) is 1.03. The van der Waals surface area contributed by atoms with Crippen molar-refractivity contribution in [2.24, 2.45) is 0 Å². The van der Waals surface area contributed by atoms with Gasteiger partial charge in [0.1, 0.15) is 0 Å². The summed E-state index contributed by atoms with van der Waals surface area (Å²) < 4.78 is 0. The molecule has 0 bridgehead atoms. The molecule has 0 aliphatic heterocycles. The van der Waals surface area contributed by atoms with Crippen LogP contribution in [0.4, 0.5) is 0 Å². The monoisotopic (exact) mass is 159 g/mol. The minimum atomic E-state index is 0.998. The summed E-state index contributed by atoms with van der Waals surface area (Å²) in [6.45, 7) is 0. The Kier molecular flexibility index (Phi) is 5.02. The summed E-state index contributed by atoms with van der Waals surface area (Å²) in [6.07, 6.45) is 22.5. The standard InChI is InChI=1S/C12H15/c1-2-4-6-8-10-12-11-9-7-5-3-1/h1-2,5-7,10,12H,3-4,9,11H2/b2-1+,7-5+,8-6?,12-10+. The molecule has 0 heteroatoms. The molecule has 0 aromatic rings. The predicted molar refractivity (Wildman–Crippen MR) is 53.7 cm³/mol. The van der Waals surface area contributed by atoms with Gasteiger partial charge in [-0.15, -0.1) is 0 Å². The third-order valence-corrected chi connectivity index (χ3v) is 1.69. The molecule has 0 nitrogen and oxygen atoms in total. The Labute approximate surface area is 75.0 Å². The van der Waals surface area contributed by atoms with Crippen LogP contribution in [0.15, 0.2) is 42.5 Å². The summed E-state index contributed by atoms with van der Waals surface area (Å²) in [5, 5.41) is 0. The van der Waals surface area contributed by atoms with Crippen molar-refractivity contribution in [2.75, 3.05) is 0 Å². The molecule has 0 amide bonds. The van der Waals surface area contributed by atoms with Crippen LogP contribution in [0.25, 0.3) is 0 Å². The molecular formula is C12H15. The van der Waals surface area contributed by atoms with Gasteiger partial charge in [-0.25, -0.2) is 0 Å². The van der Waals surface area contributed by atoms with E-state index in [0.717, 1.165) is 25.7 Å². The average molecular weight is 159 g/mol. The summed E-state index contributed by atoms with van der Waals surface area (Å²) in [5.74, 6) is 0. The number of rotatable bonds is 0. The summed E-state index contributed by atoms with van der Waals surface area (Å²) in [4.78, 5) is 0. The molecule has 12 heavy (non-hydrogen) atoms. The maximum Gasteiger partial charge on any atom is -0.0160 e. The first-order chi connectivity index (χ1) is 6.00. The third kappa shape index (κ3) is 4.73. The lowest BCUT2D eigenvalue weighted by molar-refractivity contribution is 1.04. The fourth-order valence-corrected chi connectivity index (χ4v) is 1.03. The second-order valence-corrected chi connectivity index (χ2v) is 2.76.